The number of carbonyl (C=O) groups is 2. The predicted octanol–water partition coefficient (Wildman–Crippen LogP) is 5.58. The summed E-state index contributed by atoms with van der Waals surface area (Å²) in [4.78, 5) is 29.6. The van der Waals surface area contributed by atoms with Crippen LogP contribution in [0, 0.1) is 5.82 Å². The van der Waals surface area contributed by atoms with Gasteiger partial charge in [0.15, 0.2) is 0 Å². The Morgan fingerprint density at radius 1 is 0.844 bits per heavy atom. The first kappa shape index (κ1) is 33.2. The number of methoxy groups -OCH3 is 1. The molecule has 236 valence electrons. The minimum atomic E-state index is -4.25. The van der Waals surface area contributed by atoms with Gasteiger partial charge in [0.2, 0.25) is 11.8 Å². The number of hydrogen-bond donors (Lipinski definition) is 1. The lowest BCUT2D eigenvalue weighted by atomic mass is 10.0. The van der Waals surface area contributed by atoms with E-state index in [0.29, 0.717) is 5.75 Å². The Morgan fingerprint density at radius 2 is 1.42 bits per heavy atom. The van der Waals surface area contributed by atoms with Crippen molar-refractivity contribution in [1.29, 1.82) is 0 Å². The van der Waals surface area contributed by atoms with Crippen LogP contribution in [0.25, 0.3) is 0 Å². The van der Waals surface area contributed by atoms with Crippen molar-refractivity contribution in [2.45, 2.75) is 50.2 Å². The van der Waals surface area contributed by atoms with E-state index in [2.05, 4.69) is 5.32 Å². The zero-order chi connectivity index (χ0) is 32.6. The Morgan fingerprint density at radius 3 is 2.00 bits per heavy atom. The van der Waals surface area contributed by atoms with E-state index in [4.69, 9.17) is 4.74 Å². The zero-order valence-corrected chi connectivity index (χ0v) is 26.6. The van der Waals surface area contributed by atoms with Gasteiger partial charge in [-0.2, -0.15) is 0 Å². The van der Waals surface area contributed by atoms with Crippen LogP contribution in [0.15, 0.2) is 114 Å². The molecule has 45 heavy (non-hydrogen) atoms. The van der Waals surface area contributed by atoms with Gasteiger partial charge in [-0.25, -0.2) is 12.8 Å². The summed E-state index contributed by atoms with van der Waals surface area (Å²) in [6.07, 6.45) is 0.122. The maximum absolute atomic E-state index is 15.0. The van der Waals surface area contributed by atoms with Crippen molar-refractivity contribution < 1.29 is 27.1 Å². The molecule has 0 spiro atoms. The summed E-state index contributed by atoms with van der Waals surface area (Å²) in [7, 11) is -2.75. The van der Waals surface area contributed by atoms with Gasteiger partial charge in [0, 0.05) is 24.1 Å². The molecule has 1 unspecified atom stereocenters. The third-order valence-corrected chi connectivity index (χ3v) is 8.83. The molecule has 4 aromatic rings. The number of halogens is 1. The highest BCUT2D eigenvalue weighted by atomic mass is 32.2. The Labute approximate surface area is 264 Å². The van der Waals surface area contributed by atoms with E-state index in [1.54, 1.807) is 54.6 Å². The van der Waals surface area contributed by atoms with Crippen molar-refractivity contribution in [3.63, 3.8) is 0 Å². The third-order valence-electron chi connectivity index (χ3n) is 7.04. The summed E-state index contributed by atoms with van der Waals surface area (Å²) in [5.41, 5.74) is 0.554. The van der Waals surface area contributed by atoms with E-state index in [1.807, 2.05) is 51.1 Å². The fourth-order valence-electron chi connectivity index (χ4n) is 4.81. The molecule has 1 atom stereocenters. The highest BCUT2D eigenvalue weighted by Crippen LogP contribution is 2.27. The largest absolute Gasteiger partial charge is 0.497 e. The molecule has 8 nitrogen and oxygen atoms in total. The maximum Gasteiger partial charge on any atom is 0.264 e. The zero-order valence-electron chi connectivity index (χ0n) is 25.8. The van der Waals surface area contributed by atoms with E-state index in [0.717, 1.165) is 9.87 Å². The topological polar surface area (TPSA) is 96.0 Å². The minimum absolute atomic E-state index is 0.0133. The number of carbonyl (C=O) groups excluding carboxylic acids is 2. The summed E-state index contributed by atoms with van der Waals surface area (Å²) in [5, 5.41) is 2.96. The number of ether oxygens (including phenoxy) is 1. The highest BCUT2D eigenvalue weighted by molar-refractivity contribution is 7.92. The molecule has 0 aromatic heterocycles. The first-order chi connectivity index (χ1) is 21.4. The number of benzene rings is 4. The van der Waals surface area contributed by atoms with Crippen LogP contribution >= 0.6 is 0 Å². The van der Waals surface area contributed by atoms with Crippen LogP contribution in [0.1, 0.15) is 31.9 Å². The molecule has 0 saturated carbocycles. The van der Waals surface area contributed by atoms with Crippen molar-refractivity contribution in [2.75, 3.05) is 18.0 Å². The standard InChI is InChI=1S/C35H38FN3O5S/c1-35(2,3)37-34(41)32(23-26-13-7-5-8-14-26)38(24-27-15-11-12-18-31(27)36)33(40)25-39(28-19-21-29(44-4)22-20-28)45(42,43)30-16-9-6-10-17-30/h5-22,32H,23-25H2,1-4H3,(H,37,41). The molecule has 0 radical (unpaired) electrons. The molecule has 0 heterocycles. The van der Waals surface area contributed by atoms with Gasteiger partial charge in [0.05, 0.1) is 17.7 Å². The monoisotopic (exact) mass is 631 g/mol. The molecule has 0 aliphatic carbocycles. The molecule has 0 aliphatic rings. The number of nitrogens with zero attached hydrogens (tertiary/aromatic N) is 2. The van der Waals surface area contributed by atoms with Crippen LogP contribution in [0.4, 0.5) is 10.1 Å². The lowest BCUT2D eigenvalue weighted by Crippen LogP contribution is -2.56. The van der Waals surface area contributed by atoms with E-state index in [1.165, 1.54) is 36.3 Å². The van der Waals surface area contributed by atoms with Gasteiger partial charge < -0.3 is 15.0 Å². The van der Waals surface area contributed by atoms with Gasteiger partial charge in [-0.05, 0) is 68.8 Å². The molecule has 4 rings (SSSR count). The summed E-state index contributed by atoms with van der Waals surface area (Å²) in [6.45, 7) is 4.57. The second-order valence-electron chi connectivity index (χ2n) is 11.6. The summed E-state index contributed by atoms with van der Waals surface area (Å²) < 4.78 is 49.3. The highest BCUT2D eigenvalue weighted by Gasteiger charge is 2.36. The minimum Gasteiger partial charge on any atom is -0.497 e. The van der Waals surface area contributed by atoms with E-state index in [9.17, 15) is 18.0 Å². The summed E-state index contributed by atoms with van der Waals surface area (Å²) in [5.74, 6) is -1.17. The van der Waals surface area contributed by atoms with Crippen LogP contribution in [-0.4, -0.2) is 50.4 Å². The molecule has 0 bridgehead atoms. The molecular formula is C35H38FN3O5S. The molecule has 1 N–H and O–H groups in total. The van der Waals surface area contributed by atoms with Gasteiger partial charge in [0.25, 0.3) is 10.0 Å². The first-order valence-electron chi connectivity index (χ1n) is 14.5. The van der Waals surface area contributed by atoms with Crippen molar-refractivity contribution in [3.8, 4) is 5.75 Å². The number of anilines is 1. The number of amides is 2. The lowest BCUT2D eigenvalue weighted by molar-refractivity contribution is -0.140. The number of hydrogen-bond acceptors (Lipinski definition) is 5. The smallest absolute Gasteiger partial charge is 0.264 e. The van der Waals surface area contributed by atoms with E-state index < -0.39 is 45.8 Å². The summed E-state index contributed by atoms with van der Waals surface area (Å²) >= 11 is 0. The fourth-order valence-corrected chi connectivity index (χ4v) is 6.25. The number of rotatable bonds is 12. The van der Waals surface area contributed by atoms with Gasteiger partial charge in [-0.1, -0.05) is 66.7 Å². The number of sulfonamides is 1. The van der Waals surface area contributed by atoms with Crippen molar-refractivity contribution >= 4 is 27.5 Å². The van der Waals surface area contributed by atoms with Crippen molar-refractivity contribution in [3.05, 3.63) is 126 Å². The quantitative estimate of drug-likeness (QED) is 0.220. The van der Waals surface area contributed by atoms with E-state index >= 15 is 4.39 Å². The third kappa shape index (κ3) is 8.69. The molecular weight excluding hydrogens is 593 g/mol. The van der Waals surface area contributed by atoms with Gasteiger partial charge in [-0.15, -0.1) is 0 Å². The molecule has 0 aliphatic heterocycles. The van der Waals surface area contributed by atoms with Crippen LogP contribution in [-0.2, 0) is 32.6 Å². The molecule has 0 saturated heterocycles. The average molecular weight is 632 g/mol. The molecule has 4 aromatic carbocycles. The van der Waals surface area contributed by atoms with Gasteiger partial charge in [-0.3, -0.25) is 13.9 Å². The maximum atomic E-state index is 15.0. The molecule has 0 fully saturated rings. The Kier molecular flexibility index (Phi) is 10.6. The van der Waals surface area contributed by atoms with Gasteiger partial charge in [0.1, 0.15) is 24.2 Å². The van der Waals surface area contributed by atoms with Gasteiger partial charge >= 0.3 is 0 Å². The first-order valence-corrected chi connectivity index (χ1v) is 15.9. The predicted molar refractivity (Wildman–Crippen MR) is 173 cm³/mol. The lowest BCUT2D eigenvalue weighted by Gasteiger charge is -2.35. The second-order valence-corrected chi connectivity index (χ2v) is 13.4. The van der Waals surface area contributed by atoms with Crippen LogP contribution in [0.5, 0.6) is 5.75 Å². The van der Waals surface area contributed by atoms with Crippen LogP contribution < -0.4 is 14.4 Å². The van der Waals surface area contributed by atoms with Crippen LogP contribution in [0.2, 0.25) is 0 Å². The molecule has 2 amide bonds. The fraction of sp³-hybridized carbons (Fsp3) is 0.257. The number of nitrogens with one attached hydrogen (secondary N) is 1. The van der Waals surface area contributed by atoms with Crippen molar-refractivity contribution in [1.82, 2.24) is 10.2 Å². The average Bonchev–Trinajstić information content (AvgIpc) is 3.02. The molecule has 10 heteroatoms. The van der Waals surface area contributed by atoms with Crippen molar-refractivity contribution in [2.24, 2.45) is 0 Å². The Bertz CT molecular complexity index is 1690. The SMILES string of the molecule is COc1ccc(N(CC(=O)N(Cc2ccccc2F)C(Cc2ccccc2)C(=O)NC(C)(C)C)S(=O)(=O)c2ccccc2)cc1. The van der Waals surface area contributed by atoms with E-state index in [-0.39, 0.29) is 29.1 Å². The normalized spacial score (nSPS) is 12.2. The second kappa shape index (κ2) is 14.4. The Hall–Kier alpha value is -4.70. The van der Waals surface area contributed by atoms with Crippen LogP contribution in [0.3, 0.4) is 0 Å². The summed E-state index contributed by atoms with van der Waals surface area (Å²) in [6, 6.07) is 28.2. The Balaban J connectivity index is 1.82.